The van der Waals surface area contributed by atoms with Gasteiger partial charge in [0.1, 0.15) is 0 Å². The van der Waals surface area contributed by atoms with Gasteiger partial charge in [0.25, 0.3) is 0 Å². The molecule has 11 heteroatoms. The molecule has 0 rings (SSSR count). The summed E-state index contributed by atoms with van der Waals surface area (Å²) in [5, 5.41) is 0. The molecule has 0 aromatic carbocycles. The van der Waals surface area contributed by atoms with Crippen molar-refractivity contribution < 1.29 is 38.5 Å². The third kappa shape index (κ3) is 0.857. The van der Waals surface area contributed by atoms with E-state index >= 15 is 0 Å². The minimum absolute atomic E-state index is 0.907. The quantitative estimate of drug-likeness (QED) is 0.359. The molecule has 5 amide bonds. The molecule has 0 aromatic rings. The molecule has 0 radical (unpaired) electrons. The van der Waals surface area contributed by atoms with Crippen molar-refractivity contribution in [2.45, 2.75) is 11.6 Å². The van der Waals surface area contributed by atoms with E-state index in [1.807, 2.05) is 0 Å². The number of primary amides is 5. The van der Waals surface area contributed by atoms with Crippen LogP contribution in [0.1, 0.15) is 6.92 Å². The molecule has 103 valence electrons. The molecule has 0 aliphatic rings. The number of nitrogens with two attached hydrogens (primary N) is 5. The SMILES string of the molecule is C[CH2][Ta]([C](N)=O)([C](N)=O)([C](N)=O)([C](N)=O)[C](N)=O. The number of hydrogen-bond donors (Lipinski definition) is 5. The third-order valence-electron chi connectivity index (χ3n) is 3.77. The van der Waals surface area contributed by atoms with E-state index in [1.54, 1.807) is 0 Å². The first-order valence-electron chi connectivity index (χ1n) is 4.61. The molecule has 10 nitrogen and oxygen atoms in total. The molecule has 0 aliphatic heterocycles. The van der Waals surface area contributed by atoms with Gasteiger partial charge in [0.2, 0.25) is 0 Å². The molecule has 0 saturated carbocycles. The molecule has 0 aliphatic carbocycles. The molecule has 0 atom stereocenters. The van der Waals surface area contributed by atoms with E-state index in [9.17, 15) is 24.0 Å². The summed E-state index contributed by atoms with van der Waals surface area (Å²) in [4.78, 5) is 58.9. The number of carbonyl (C=O) groups excluding carboxylic acids is 5. The Morgan fingerprint density at radius 1 is 0.667 bits per heavy atom. The van der Waals surface area contributed by atoms with Crippen LogP contribution in [-0.4, -0.2) is 20.6 Å². The fraction of sp³-hybridized carbons (Fsp3) is 0.286. The van der Waals surface area contributed by atoms with Gasteiger partial charge in [-0.25, -0.2) is 0 Å². The molecule has 0 fully saturated rings. The Morgan fingerprint density at radius 3 is 0.833 bits per heavy atom. The predicted molar refractivity (Wildman–Crippen MR) is 58.4 cm³/mol. The summed E-state index contributed by atoms with van der Waals surface area (Å²) in [5.74, 6) is 0. The summed E-state index contributed by atoms with van der Waals surface area (Å²) in [6.45, 7) is 1.02. The van der Waals surface area contributed by atoms with Crippen molar-refractivity contribution in [3.63, 3.8) is 0 Å². The summed E-state index contributed by atoms with van der Waals surface area (Å²) >= 11 is -7.83. The normalized spacial score (nSPS) is 14.9. The Labute approximate surface area is 99.5 Å². The van der Waals surface area contributed by atoms with Crippen molar-refractivity contribution in [1.82, 2.24) is 0 Å². The molecule has 0 bridgehead atoms. The Morgan fingerprint density at radius 2 is 0.833 bits per heavy atom. The van der Waals surface area contributed by atoms with Crippen molar-refractivity contribution in [2.75, 3.05) is 0 Å². The average Bonchev–Trinajstić information content (AvgIpc) is 2.18. The second kappa shape index (κ2) is 3.54. The van der Waals surface area contributed by atoms with Crippen LogP contribution in [0.5, 0.6) is 0 Å². The molecule has 0 spiro atoms. The average molecular weight is 430 g/mol. The summed E-state index contributed by atoms with van der Waals surface area (Å²) in [6, 6.07) is 0. The second-order valence-corrected chi connectivity index (χ2v) is 27.8. The second-order valence-electron chi connectivity index (χ2n) is 3.92. The van der Waals surface area contributed by atoms with Gasteiger partial charge in [-0.3, -0.25) is 0 Å². The summed E-state index contributed by atoms with van der Waals surface area (Å²) in [5.41, 5.74) is 25.0. The Hall–Kier alpha value is -1.91. The van der Waals surface area contributed by atoms with Gasteiger partial charge in [-0.05, 0) is 0 Å². The third-order valence-corrected chi connectivity index (χ3v) is 30.9. The van der Waals surface area contributed by atoms with E-state index in [1.165, 1.54) is 0 Å². The minimum atomic E-state index is -7.83. The van der Waals surface area contributed by atoms with Gasteiger partial charge in [0.15, 0.2) is 0 Å². The zero-order valence-electron chi connectivity index (χ0n) is 9.58. The van der Waals surface area contributed by atoms with Crippen LogP contribution in [0.2, 0.25) is 4.64 Å². The van der Waals surface area contributed by atoms with Gasteiger partial charge in [-0.2, -0.15) is 0 Å². The number of carbonyl (C=O) groups is 5. The first-order chi connectivity index (χ1) is 7.95. The van der Waals surface area contributed by atoms with Crippen LogP contribution in [0, 0.1) is 0 Å². The van der Waals surface area contributed by atoms with Gasteiger partial charge in [-0.15, -0.1) is 0 Å². The van der Waals surface area contributed by atoms with Crippen LogP contribution in [0.15, 0.2) is 0 Å². The maximum absolute atomic E-state index is 11.8. The number of hydrogen-bond acceptors (Lipinski definition) is 5. The van der Waals surface area contributed by atoms with Gasteiger partial charge < -0.3 is 0 Å². The van der Waals surface area contributed by atoms with Crippen LogP contribution in [0.4, 0.5) is 24.0 Å². The van der Waals surface area contributed by atoms with Gasteiger partial charge in [-0.1, -0.05) is 0 Å². The van der Waals surface area contributed by atoms with Crippen molar-refractivity contribution >= 4 is 20.6 Å². The standard InChI is InChI=1S/C2H5.5CH2NO.Ta/c1-2;5*2-1-3;/h1H2,2H3;5*(H2,2,3);. The van der Waals surface area contributed by atoms with E-state index in [0.717, 1.165) is 6.92 Å². The van der Waals surface area contributed by atoms with Crippen molar-refractivity contribution in [3.05, 3.63) is 0 Å². The van der Waals surface area contributed by atoms with Crippen LogP contribution < -0.4 is 28.7 Å². The van der Waals surface area contributed by atoms with Crippen LogP contribution in [0.3, 0.4) is 0 Å². The molecule has 0 unspecified atom stereocenters. The van der Waals surface area contributed by atoms with E-state index in [-0.39, 0.29) is 0 Å². The van der Waals surface area contributed by atoms with Gasteiger partial charge >= 0.3 is 99.3 Å². The first-order valence-corrected chi connectivity index (χ1v) is 14.9. The predicted octanol–water partition coefficient (Wildman–Crippen LogP) is -0.957. The molecule has 0 aromatic heterocycles. The molecular formula is C7H15N5O5Ta. The monoisotopic (exact) mass is 430 g/mol. The maximum atomic E-state index is 11.8. The van der Waals surface area contributed by atoms with E-state index in [0.29, 0.717) is 0 Å². The van der Waals surface area contributed by atoms with Crippen LogP contribution in [0.25, 0.3) is 0 Å². The van der Waals surface area contributed by atoms with Crippen LogP contribution in [-0.2, 0) is 14.5 Å². The van der Waals surface area contributed by atoms with Crippen molar-refractivity contribution in [2.24, 2.45) is 28.7 Å². The van der Waals surface area contributed by atoms with Crippen LogP contribution >= 0.6 is 0 Å². The summed E-state index contributed by atoms with van der Waals surface area (Å²) in [7, 11) is 0. The van der Waals surface area contributed by atoms with E-state index in [4.69, 9.17) is 28.7 Å². The molecule has 0 saturated heterocycles. The zero-order chi connectivity index (χ0) is 15.0. The number of amides is 5. The molecule has 10 N–H and O–H groups in total. The van der Waals surface area contributed by atoms with Gasteiger partial charge in [0.05, 0.1) is 0 Å². The Balaban J connectivity index is 7.60. The molecule has 0 heterocycles. The van der Waals surface area contributed by atoms with Crippen molar-refractivity contribution in [1.29, 1.82) is 0 Å². The van der Waals surface area contributed by atoms with Gasteiger partial charge in [0, 0.05) is 0 Å². The molecule has 18 heavy (non-hydrogen) atoms. The number of rotatable bonds is 6. The molecular weight excluding hydrogens is 415 g/mol. The zero-order valence-corrected chi connectivity index (χ0v) is 12.8. The summed E-state index contributed by atoms with van der Waals surface area (Å²) < 4.78 is -9.99. The Bertz CT molecular complexity index is 406. The van der Waals surface area contributed by atoms with Crippen molar-refractivity contribution in [3.8, 4) is 0 Å². The van der Waals surface area contributed by atoms with E-state index < -0.39 is 39.8 Å². The Kier molecular flexibility index (Phi) is 3.16. The van der Waals surface area contributed by atoms with E-state index in [2.05, 4.69) is 0 Å². The first kappa shape index (κ1) is 16.1. The summed E-state index contributed by atoms with van der Waals surface area (Å²) in [6.07, 6.45) is 0. The fourth-order valence-electron chi connectivity index (χ4n) is 1.87. The fourth-order valence-corrected chi connectivity index (χ4v) is 15.3. The topological polar surface area (TPSA) is 215 Å².